The van der Waals surface area contributed by atoms with Gasteiger partial charge in [0.05, 0.1) is 24.4 Å². The number of H-pyrrole nitrogens is 1. The van der Waals surface area contributed by atoms with E-state index in [9.17, 15) is 13.2 Å². The lowest BCUT2D eigenvalue weighted by Gasteiger charge is -2.20. The maximum atomic E-state index is 12.5. The average Bonchev–Trinajstić information content (AvgIpc) is 2.87. The third-order valence-electron chi connectivity index (χ3n) is 3.77. The number of nitrogens with zero attached hydrogens (tertiary/aromatic N) is 1. The van der Waals surface area contributed by atoms with Crippen molar-refractivity contribution in [3.63, 3.8) is 0 Å². The minimum absolute atomic E-state index is 0.0122. The van der Waals surface area contributed by atoms with Gasteiger partial charge in [-0.3, -0.25) is 9.89 Å². The second-order valence-electron chi connectivity index (χ2n) is 5.42. The maximum absolute atomic E-state index is 12.5. The van der Waals surface area contributed by atoms with E-state index in [2.05, 4.69) is 14.9 Å². The molecule has 1 atom stereocenters. The fourth-order valence-electron chi connectivity index (χ4n) is 2.40. The molecule has 7 nitrogen and oxygen atoms in total. The van der Waals surface area contributed by atoms with Gasteiger partial charge in [0.1, 0.15) is 4.90 Å². The first kappa shape index (κ1) is 17.2. The average molecular weight is 337 g/mol. The first-order valence-electron chi connectivity index (χ1n) is 7.02. The predicted molar refractivity (Wildman–Crippen MR) is 84.6 cm³/mol. The third-order valence-corrected chi connectivity index (χ3v) is 5.36. The number of hydrogen-bond acceptors (Lipinski definition) is 4. The zero-order valence-corrected chi connectivity index (χ0v) is 13.9. The number of nitrogens with one attached hydrogen (secondary N) is 2. The molecule has 1 aromatic heterocycles. The Morgan fingerprint density at radius 2 is 2.04 bits per heavy atom. The lowest BCUT2D eigenvalue weighted by molar-refractivity contribution is -0.137. The molecular weight excluding hydrogens is 318 g/mol. The van der Waals surface area contributed by atoms with E-state index in [-0.39, 0.29) is 11.3 Å². The van der Waals surface area contributed by atoms with E-state index in [0.29, 0.717) is 11.3 Å². The van der Waals surface area contributed by atoms with E-state index in [1.807, 2.05) is 19.9 Å². The SMILES string of the molecule is Cc1cccc([C@@H](CC(=O)O)NS(=O)(=O)c2cn[nH]c2C)c1C. The molecule has 1 aromatic carbocycles. The van der Waals surface area contributed by atoms with Crippen molar-refractivity contribution in [2.75, 3.05) is 0 Å². The number of carbonyl (C=O) groups is 1. The first-order valence-corrected chi connectivity index (χ1v) is 8.51. The number of aryl methyl sites for hydroxylation is 2. The normalized spacial score (nSPS) is 13.0. The molecule has 0 radical (unpaired) electrons. The van der Waals surface area contributed by atoms with Gasteiger partial charge in [-0.05, 0) is 37.5 Å². The Morgan fingerprint density at radius 3 is 2.61 bits per heavy atom. The molecule has 0 spiro atoms. The highest BCUT2D eigenvalue weighted by molar-refractivity contribution is 7.89. The highest BCUT2D eigenvalue weighted by Crippen LogP contribution is 2.25. The molecule has 2 rings (SSSR count). The molecule has 0 aliphatic heterocycles. The van der Waals surface area contributed by atoms with Crippen molar-refractivity contribution in [3.05, 3.63) is 46.8 Å². The first-order chi connectivity index (χ1) is 10.7. The largest absolute Gasteiger partial charge is 0.481 e. The lowest BCUT2D eigenvalue weighted by Crippen LogP contribution is -2.31. The summed E-state index contributed by atoms with van der Waals surface area (Å²) >= 11 is 0. The number of aliphatic carboxylic acids is 1. The van der Waals surface area contributed by atoms with Crippen molar-refractivity contribution in [1.82, 2.24) is 14.9 Å². The number of hydrogen-bond donors (Lipinski definition) is 3. The summed E-state index contributed by atoms with van der Waals surface area (Å²) in [5, 5.41) is 15.4. The number of aromatic nitrogens is 2. The van der Waals surface area contributed by atoms with Gasteiger partial charge in [-0.25, -0.2) is 13.1 Å². The van der Waals surface area contributed by atoms with Gasteiger partial charge >= 0.3 is 5.97 Å². The quantitative estimate of drug-likeness (QED) is 0.744. The minimum Gasteiger partial charge on any atom is -0.481 e. The molecule has 0 fully saturated rings. The van der Waals surface area contributed by atoms with Crippen LogP contribution in [0.15, 0.2) is 29.3 Å². The van der Waals surface area contributed by atoms with Gasteiger partial charge in [-0.1, -0.05) is 18.2 Å². The van der Waals surface area contributed by atoms with Crippen LogP contribution < -0.4 is 4.72 Å². The molecule has 0 aliphatic carbocycles. The summed E-state index contributed by atoms with van der Waals surface area (Å²) in [5.41, 5.74) is 2.88. The summed E-state index contributed by atoms with van der Waals surface area (Å²) < 4.78 is 27.5. The van der Waals surface area contributed by atoms with Crippen molar-refractivity contribution >= 4 is 16.0 Å². The van der Waals surface area contributed by atoms with Crippen LogP contribution in [0.3, 0.4) is 0 Å². The van der Waals surface area contributed by atoms with Crippen molar-refractivity contribution in [2.45, 2.75) is 38.1 Å². The molecular formula is C15H19N3O4S. The van der Waals surface area contributed by atoms with Crippen molar-refractivity contribution < 1.29 is 18.3 Å². The van der Waals surface area contributed by atoms with Gasteiger partial charge in [-0.15, -0.1) is 0 Å². The Labute approximate surface area is 134 Å². The van der Waals surface area contributed by atoms with E-state index in [1.165, 1.54) is 6.20 Å². The van der Waals surface area contributed by atoms with Crippen LogP contribution in [0.25, 0.3) is 0 Å². The van der Waals surface area contributed by atoms with Crippen LogP contribution in [-0.2, 0) is 14.8 Å². The predicted octanol–water partition coefficient (Wildman–Crippen LogP) is 1.83. The standard InChI is InChI=1S/C15H19N3O4S/c1-9-5-4-6-12(10(9)2)13(7-15(19)20)18-23(21,22)14-8-16-17-11(14)3/h4-6,8,13,18H,7H2,1-3H3,(H,16,17)(H,19,20)/t13-/m1/s1. The van der Waals surface area contributed by atoms with Crippen LogP contribution in [-0.4, -0.2) is 29.7 Å². The second-order valence-corrected chi connectivity index (χ2v) is 7.10. The van der Waals surface area contributed by atoms with Crippen molar-refractivity contribution in [1.29, 1.82) is 0 Å². The van der Waals surface area contributed by atoms with Gasteiger partial charge in [-0.2, -0.15) is 5.10 Å². The molecule has 8 heteroatoms. The van der Waals surface area contributed by atoms with E-state index in [0.717, 1.165) is 11.1 Å². The van der Waals surface area contributed by atoms with Crippen LogP contribution in [0, 0.1) is 20.8 Å². The molecule has 23 heavy (non-hydrogen) atoms. The van der Waals surface area contributed by atoms with E-state index < -0.39 is 22.0 Å². The van der Waals surface area contributed by atoms with E-state index >= 15 is 0 Å². The molecule has 0 amide bonds. The van der Waals surface area contributed by atoms with Crippen LogP contribution >= 0.6 is 0 Å². The van der Waals surface area contributed by atoms with Crippen molar-refractivity contribution in [2.24, 2.45) is 0 Å². The third kappa shape index (κ3) is 3.77. The monoisotopic (exact) mass is 337 g/mol. The second kappa shape index (κ2) is 6.51. The molecule has 0 unspecified atom stereocenters. The number of carboxylic acids is 1. The summed E-state index contributed by atoms with van der Waals surface area (Å²) in [6, 6.07) is 4.56. The Balaban J connectivity index is 2.42. The minimum atomic E-state index is -3.88. The molecule has 0 bridgehead atoms. The van der Waals surface area contributed by atoms with Crippen molar-refractivity contribution in [3.8, 4) is 0 Å². The molecule has 0 saturated heterocycles. The number of aromatic amines is 1. The zero-order valence-electron chi connectivity index (χ0n) is 13.1. The van der Waals surface area contributed by atoms with E-state index in [1.54, 1.807) is 19.1 Å². The van der Waals surface area contributed by atoms with Crippen LogP contribution in [0.2, 0.25) is 0 Å². The molecule has 0 aliphatic rings. The van der Waals surface area contributed by atoms with Gasteiger partial charge in [0, 0.05) is 0 Å². The van der Waals surface area contributed by atoms with Crippen LogP contribution in [0.5, 0.6) is 0 Å². The van der Waals surface area contributed by atoms with Gasteiger partial charge in [0.2, 0.25) is 10.0 Å². The summed E-state index contributed by atoms with van der Waals surface area (Å²) in [7, 11) is -3.88. The Kier molecular flexibility index (Phi) is 4.86. The smallest absolute Gasteiger partial charge is 0.305 e. The molecule has 124 valence electrons. The highest BCUT2D eigenvalue weighted by Gasteiger charge is 2.26. The summed E-state index contributed by atoms with van der Waals surface area (Å²) in [6.45, 7) is 5.33. The summed E-state index contributed by atoms with van der Waals surface area (Å²) in [4.78, 5) is 11.2. The molecule has 0 saturated carbocycles. The van der Waals surface area contributed by atoms with Gasteiger partial charge in [0.15, 0.2) is 0 Å². The number of carboxylic acid groups (broad SMARTS) is 1. The number of sulfonamides is 1. The van der Waals surface area contributed by atoms with Crippen LogP contribution in [0.1, 0.15) is 34.8 Å². The summed E-state index contributed by atoms with van der Waals surface area (Å²) in [5.74, 6) is -1.08. The number of benzene rings is 1. The number of rotatable bonds is 6. The lowest BCUT2D eigenvalue weighted by atomic mass is 9.96. The fourth-order valence-corrected chi connectivity index (χ4v) is 3.75. The van der Waals surface area contributed by atoms with Gasteiger partial charge in [0.25, 0.3) is 0 Å². The Morgan fingerprint density at radius 1 is 1.35 bits per heavy atom. The molecule has 1 heterocycles. The zero-order chi connectivity index (χ0) is 17.2. The van der Waals surface area contributed by atoms with Crippen LogP contribution in [0.4, 0.5) is 0 Å². The topological polar surface area (TPSA) is 112 Å². The maximum Gasteiger partial charge on any atom is 0.305 e. The highest BCUT2D eigenvalue weighted by atomic mass is 32.2. The summed E-state index contributed by atoms with van der Waals surface area (Å²) in [6.07, 6.45) is 0.860. The Bertz CT molecular complexity index is 827. The molecule has 3 N–H and O–H groups in total. The molecule has 2 aromatic rings. The Hall–Kier alpha value is -2.19. The fraction of sp³-hybridized carbons (Fsp3) is 0.333. The van der Waals surface area contributed by atoms with Gasteiger partial charge < -0.3 is 5.11 Å². The van der Waals surface area contributed by atoms with E-state index in [4.69, 9.17) is 5.11 Å².